The van der Waals surface area contributed by atoms with Gasteiger partial charge >= 0.3 is 6.36 Å². The third kappa shape index (κ3) is 4.42. The third-order valence-electron chi connectivity index (χ3n) is 5.53. The van der Waals surface area contributed by atoms with Crippen molar-refractivity contribution in [1.82, 2.24) is 9.55 Å². The smallest absolute Gasteiger partial charge is 0.406 e. The molecule has 0 N–H and O–H groups in total. The van der Waals surface area contributed by atoms with E-state index in [0.717, 1.165) is 5.69 Å². The number of rotatable bonds is 5. The van der Waals surface area contributed by atoms with Crippen LogP contribution in [0.1, 0.15) is 37.9 Å². The standard InChI is InChI=1S/C23H20Cl2F3N3O2/c1-13(2)19-12-29-21-30(17-9-15(24)8-16(25)10-17)20(32)22(3,31(19)21)11-14-4-6-18(7-5-14)33-23(26,27)28/h4-10,12-13H,11H2,1-3H3. The molecule has 0 aliphatic carbocycles. The van der Waals surface area contributed by atoms with Gasteiger partial charge in [0.05, 0.1) is 11.9 Å². The molecule has 1 amide bonds. The highest BCUT2D eigenvalue weighted by molar-refractivity contribution is 6.35. The van der Waals surface area contributed by atoms with E-state index in [0.29, 0.717) is 27.2 Å². The Bertz CT molecular complexity index is 1190. The molecule has 10 heteroatoms. The maximum absolute atomic E-state index is 13.8. The van der Waals surface area contributed by atoms with Crippen molar-refractivity contribution in [2.24, 2.45) is 0 Å². The van der Waals surface area contributed by atoms with Crippen molar-refractivity contribution in [3.8, 4) is 5.75 Å². The van der Waals surface area contributed by atoms with Gasteiger partial charge in [0.1, 0.15) is 11.3 Å². The van der Waals surface area contributed by atoms with Gasteiger partial charge in [0.25, 0.3) is 5.91 Å². The molecule has 2 aromatic carbocycles. The average Bonchev–Trinajstić information content (AvgIpc) is 3.21. The predicted octanol–water partition coefficient (Wildman–Crippen LogP) is 6.85. The molecule has 0 spiro atoms. The van der Waals surface area contributed by atoms with Gasteiger partial charge in [-0.3, -0.25) is 9.36 Å². The van der Waals surface area contributed by atoms with Crippen molar-refractivity contribution in [2.45, 2.75) is 45.0 Å². The van der Waals surface area contributed by atoms with Gasteiger partial charge < -0.3 is 4.74 Å². The number of anilines is 2. The van der Waals surface area contributed by atoms with Gasteiger partial charge in [-0.25, -0.2) is 9.88 Å². The van der Waals surface area contributed by atoms with Crippen LogP contribution in [0.5, 0.6) is 5.75 Å². The van der Waals surface area contributed by atoms with E-state index >= 15 is 0 Å². The highest BCUT2D eigenvalue weighted by atomic mass is 35.5. The SMILES string of the molecule is CC(C)c1cnc2n1C(C)(Cc1ccc(OC(F)(F)F)cc1)C(=O)N2c1cc(Cl)cc(Cl)c1. The Kier molecular flexibility index (Phi) is 5.87. The number of ether oxygens (including phenoxy) is 1. The van der Waals surface area contributed by atoms with Gasteiger partial charge in [0, 0.05) is 22.2 Å². The van der Waals surface area contributed by atoms with Crippen LogP contribution in [0.25, 0.3) is 0 Å². The summed E-state index contributed by atoms with van der Waals surface area (Å²) in [4.78, 5) is 19.8. The number of amides is 1. The second-order valence-corrected chi connectivity index (χ2v) is 9.26. The van der Waals surface area contributed by atoms with E-state index in [-0.39, 0.29) is 24.0 Å². The van der Waals surface area contributed by atoms with Crippen LogP contribution in [0, 0.1) is 0 Å². The number of carbonyl (C=O) groups is 1. The number of nitrogens with zero attached hydrogens (tertiary/aromatic N) is 3. The van der Waals surface area contributed by atoms with Crippen LogP contribution in [0.15, 0.2) is 48.7 Å². The van der Waals surface area contributed by atoms with Crippen molar-refractivity contribution in [1.29, 1.82) is 0 Å². The number of imidazole rings is 1. The van der Waals surface area contributed by atoms with Gasteiger partial charge in [0.2, 0.25) is 5.95 Å². The Morgan fingerprint density at radius 3 is 2.24 bits per heavy atom. The maximum Gasteiger partial charge on any atom is 0.573 e. The third-order valence-corrected chi connectivity index (χ3v) is 5.97. The number of fused-ring (bicyclic) bond motifs is 1. The van der Waals surface area contributed by atoms with E-state index < -0.39 is 11.9 Å². The summed E-state index contributed by atoms with van der Waals surface area (Å²) >= 11 is 12.4. The monoisotopic (exact) mass is 497 g/mol. The maximum atomic E-state index is 13.8. The zero-order valence-electron chi connectivity index (χ0n) is 18.0. The Morgan fingerprint density at radius 2 is 1.70 bits per heavy atom. The van der Waals surface area contributed by atoms with Crippen LogP contribution in [-0.4, -0.2) is 21.8 Å². The van der Waals surface area contributed by atoms with Crippen LogP contribution < -0.4 is 9.64 Å². The largest absolute Gasteiger partial charge is 0.573 e. The van der Waals surface area contributed by atoms with Crippen molar-refractivity contribution in [2.75, 3.05) is 4.90 Å². The molecule has 2 heterocycles. The summed E-state index contributed by atoms with van der Waals surface area (Å²) in [5.41, 5.74) is 0.929. The first-order chi connectivity index (χ1) is 15.4. The molecule has 33 heavy (non-hydrogen) atoms. The molecule has 1 aromatic heterocycles. The van der Waals surface area contributed by atoms with Crippen LogP contribution in [-0.2, 0) is 16.8 Å². The molecule has 174 valence electrons. The topological polar surface area (TPSA) is 47.4 Å². The summed E-state index contributed by atoms with van der Waals surface area (Å²) in [6.07, 6.45) is -2.82. The minimum Gasteiger partial charge on any atom is -0.406 e. The molecular formula is C23H20Cl2F3N3O2. The molecule has 0 fully saturated rings. The van der Waals surface area contributed by atoms with E-state index in [1.165, 1.54) is 29.2 Å². The van der Waals surface area contributed by atoms with Crippen LogP contribution in [0.4, 0.5) is 24.8 Å². The highest BCUT2D eigenvalue weighted by Crippen LogP contribution is 2.44. The van der Waals surface area contributed by atoms with E-state index in [9.17, 15) is 18.0 Å². The van der Waals surface area contributed by atoms with Gasteiger partial charge in [0.15, 0.2) is 0 Å². The fraction of sp³-hybridized carbons (Fsp3) is 0.304. The van der Waals surface area contributed by atoms with Crippen molar-refractivity contribution in [3.63, 3.8) is 0 Å². The molecule has 0 bridgehead atoms. The molecule has 5 nitrogen and oxygen atoms in total. The summed E-state index contributed by atoms with van der Waals surface area (Å²) in [5, 5.41) is 0.752. The quantitative estimate of drug-likeness (QED) is 0.387. The second kappa shape index (κ2) is 8.25. The number of hydrogen-bond acceptors (Lipinski definition) is 3. The zero-order valence-corrected chi connectivity index (χ0v) is 19.5. The minimum absolute atomic E-state index is 0.0730. The van der Waals surface area contributed by atoms with Gasteiger partial charge in [-0.05, 0) is 48.7 Å². The van der Waals surface area contributed by atoms with E-state index in [4.69, 9.17) is 23.2 Å². The van der Waals surface area contributed by atoms with Gasteiger partial charge in [-0.2, -0.15) is 0 Å². The zero-order chi connectivity index (χ0) is 24.1. The average molecular weight is 498 g/mol. The highest BCUT2D eigenvalue weighted by Gasteiger charge is 2.50. The lowest BCUT2D eigenvalue weighted by Crippen LogP contribution is -2.41. The molecule has 1 atom stereocenters. The van der Waals surface area contributed by atoms with Crippen LogP contribution >= 0.6 is 23.2 Å². The summed E-state index contributed by atoms with van der Waals surface area (Å²) < 4.78 is 43.3. The molecule has 3 aromatic rings. The number of hydrogen-bond donors (Lipinski definition) is 0. The lowest BCUT2D eigenvalue weighted by molar-refractivity contribution is -0.274. The first-order valence-electron chi connectivity index (χ1n) is 10.1. The first-order valence-corrected chi connectivity index (χ1v) is 10.9. The van der Waals surface area contributed by atoms with E-state index in [1.807, 2.05) is 18.4 Å². The molecule has 0 saturated carbocycles. The fourth-order valence-electron chi connectivity index (χ4n) is 4.12. The number of benzene rings is 2. The lowest BCUT2D eigenvalue weighted by Gasteiger charge is -2.27. The number of carbonyl (C=O) groups excluding carboxylic acids is 1. The van der Waals surface area contributed by atoms with Crippen LogP contribution in [0.2, 0.25) is 10.0 Å². The Labute approximate surface area is 198 Å². The summed E-state index contributed by atoms with van der Waals surface area (Å²) in [6, 6.07) is 10.3. The Balaban J connectivity index is 1.76. The Morgan fingerprint density at radius 1 is 1.09 bits per heavy atom. The normalized spacial score (nSPS) is 18.2. The molecule has 1 aliphatic rings. The molecule has 4 rings (SSSR count). The Hall–Kier alpha value is -2.71. The number of aromatic nitrogens is 2. The van der Waals surface area contributed by atoms with Crippen molar-refractivity contribution < 1.29 is 22.7 Å². The molecule has 0 saturated heterocycles. The van der Waals surface area contributed by atoms with Gasteiger partial charge in [-0.15, -0.1) is 13.2 Å². The minimum atomic E-state index is -4.77. The molecule has 0 radical (unpaired) electrons. The van der Waals surface area contributed by atoms with Crippen molar-refractivity contribution >= 4 is 40.7 Å². The fourth-order valence-corrected chi connectivity index (χ4v) is 4.63. The predicted molar refractivity (Wildman–Crippen MR) is 120 cm³/mol. The van der Waals surface area contributed by atoms with E-state index in [2.05, 4.69) is 9.72 Å². The van der Waals surface area contributed by atoms with E-state index in [1.54, 1.807) is 31.3 Å². The van der Waals surface area contributed by atoms with Crippen molar-refractivity contribution in [3.05, 3.63) is 70.0 Å². The first kappa shape index (κ1) is 23.4. The summed E-state index contributed by atoms with van der Waals surface area (Å²) in [5.74, 6) is -0.0672. The van der Waals surface area contributed by atoms with Gasteiger partial charge in [-0.1, -0.05) is 49.2 Å². The number of halogens is 5. The molecular weight excluding hydrogens is 478 g/mol. The molecule has 1 unspecified atom stereocenters. The lowest BCUT2D eigenvalue weighted by atomic mass is 9.91. The number of alkyl halides is 3. The summed E-state index contributed by atoms with van der Waals surface area (Å²) in [6.45, 7) is 5.79. The second-order valence-electron chi connectivity index (χ2n) is 8.38. The molecule has 1 aliphatic heterocycles. The van der Waals surface area contributed by atoms with Crippen LogP contribution in [0.3, 0.4) is 0 Å². The summed E-state index contributed by atoms with van der Waals surface area (Å²) in [7, 11) is 0.